The van der Waals surface area contributed by atoms with Crippen molar-refractivity contribution in [3.8, 4) is 0 Å². The molecule has 74 valence electrons. The summed E-state index contributed by atoms with van der Waals surface area (Å²) in [5, 5.41) is 0. The molecule has 0 aliphatic carbocycles. The summed E-state index contributed by atoms with van der Waals surface area (Å²) in [6.07, 6.45) is 3.68. The van der Waals surface area contributed by atoms with Crippen LogP contribution in [-0.2, 0) is 0 Å². The monoisotopic (exact) mass is 210 g/mol. The van der Waals surface area contributed by atoms with Crippen LogP contribution in [0, 0.1) is 11.3 Å². The predicted octanol–water partition coefficient (Wildman–Crippen LogP) is 4.30. The quantitative estimate of drug-likeness (QED) is 0.574. The number of rotatable bonds is 6. The second-order valence-electron chi connectivity index (χ2n) is 4.18. The van der Waals surface area contributed by atoms with E-state index >= 15 is 0 Å². The molecule has 0 radical (unpaired) electrons. The highest BCUT2D eigenvalue weighted by Crippen LogP contribution is 2.30. The lowest BCUT2D eigenvalue weighted by molar-refractivity contribution is 0.304. The van der Waals surface area contributed by atoms with Gasteiger partial charge in [-0.05, 0) is 17.8 Å². The van der Waals surface area contributed by atoms with E-state index in [4.69, 9.17) is 23.2 Å². The lowest BCUT2D eigenvalue weighted by Gasteiger charge is -2.27. The van der Waals surface area contributed by atoms with E-state index in [1.165, 1.54) is 12.8 Å². The summed E-state index contributed by atoms with van der Waals surface area (Å²) in [6.45, 7) is 6.66. The van der Waals surface area contributed by atoms with Gasteiger partial charge in [0.2, 0.25) is 0 Å². The van der Waals surface area contributed by atoms with Crippen LogP contribution in [0.4, 0.5) is 0 Å². The average molecular weight is 211 g/mol. The molecule has 0 aliphatic rings. The Bertz CT molecular complexity index is 108. The highest BCUT2D eigenvalue weighted by atomic mass is 35.5. The van der Waals surface area contributed by atoms with Crippen molar-refractivity contribution in [1.29, 1.82) is 0 Å². The normalized spacial score (nSPS) is 14.8. The molecule has 0 rings (SSSR count). The number of alkyl halides is 2. The summed E-state index contributed by atoms with van der Waals surface area (Å²) >= 11 is 11.7. The molecule has 0 saturated heterocycles. The van der Waals surface area contributed by atoms with Crippen LogP contribution < -0.4 is 0 Å². The fraction of sp³-hybridized carbons (Fsp3) is 1.00. The average Bonchev–Trinajstić information content (AvgIpc) is 2.05. The molecular formula is C10H20Cl2. The fourth-order valence-electron chi connectivity index (χ4n) is 1.58. The molecule has 1 atom stereocenters. The van der Waals surface area contributed by atoms with Crippen LogP contribution in [-0.4, -0.2) is 11.8 Å². The Kier molecular flexibility index (Phi) is 6.39. The Morgan fingerprint density at radius 1 is 1.25 bits per heavy atom. The van der Waals surface area contributed by atoms with Crippen molar-refractivity contribution in [1.82, 2.24) is 0 Å². The van der Waals surface area contributed by atoms with E-state index in [9.17, 15) is 0 Å². The Morgan fingerprint density at radius 3 is 2.08 bits per heavy atom. The summed E-state index contributed by atoms with van der Waals surface area (Å²) in [5.74, 6) is 2.09. The molecule has 0 heterocycles. The SMILES string of the molecule is CCCC(C)CC(C)(CCl)CCl. The number of hydrogen-bond donors (Lipinski definition) is 0. The van der Waals surface area contributed by atoms with Crippen molar-refractivity contribution >= 4 is 23.2 Å². The van der Waals surface area contributed by atoms with Crippen LogP contribution in [0.15, 0.2) is 0 Å². The van der Waals surface area contributed by atoms with Crippen LogP contribution in [0.1, 0.15) is 40.0 Å². The first-order valence-electron chi connectivity index (χ1n) is 4.70. The van der Waals surface area contributed by atoms with Crippen LogP contribution in [0.5, 0.6) is 0 Å². The van der Waals surface area contributed by atoms with Gasteiger partial charge in [-0.3, -0.25) is 0 Å². The highest BCUT2D eigenvalue weighted by molar-refractivity contribution is 6.21. The predicted molar refractivity (Wildman–Crippen MR) is 58.2 cm³/mol. The first kappa shape index (κ1) is 12.6. The van der Waals surface area contributed by atoms with Gasteiger partial charge in [-0.25, -0.2) is 0 Å². The molecule has 0 aromatic carbocycles. The first-order chi connectivity index (χ1) is 5.58. The molecule has 12 heavy (non-hydrogen) atoms. The van der Waals surface area contributed by atoms with E-state index in [0.29, 0.717) is 11.8 Å². The van der Waals surface area contributed by atoms with Gasteiger partial charge < -0.3 is 0 Å². The summed E-state index contributed by atoms with van der Waals surface area (Å²) in [5.41, 5.74) is 0.137. The Balaban J connectivity index is 3.84. The zero-order valence-electron chi connectivity index (χ0n) is 8.37. The van der Waals surface area contributed by atoms with E-state index in [2.05, 4.69) is 20.8 Å². The first-order valence-corrected chi connectivity index (χ1v) is 5.77. The maximum atomic E-state index is 5.87. The van der Waals surface area contributed by atoms with Crippen molar-refractivity contribution in [3.05, 3.63) is 0 Å². The molecule has 0 saturated carbocycles. The minimum atomic E-state index is 0.137. The van der Waals surface area contributed by atoms with E-state index < -0.39 is 0 Å². The van der Waals surface area contributed by atoms with Crippen molar-refractivity contribution in [2.45, 2.75) is 40.0 Å². The van der Waals surface area contributed by atoms with Gasteiger partial charge in [0.1, 0.15) is 0 Å². The fourth-order valence-corrected chi connectivity index (χ4v) is 2.08. The summed E-state index contributed by atoms with van der Waals surface area (Å²) < 4.78 is 0. The Labute approximate surface area is 86.6 Å². The maximum Gasteiger partial charge on any atom is 0.0288 e. The standard InChI is InChI=1S/C10H20Cl2/c1-4-5-9(2)6-10(3,7-11)8-12/h9H,4-8H2,1-3H3. The van der Waals surface area contributed by atoms with E-state index in [1.54, 1.807) is 0 Å². The molecule has 0 aromatic heterocycles. The smallest absolute Gasteiger partial charge is 0.0288 e. The maximum absolute atomic E-state index is 5.87. The third kappa shape index (κ3) is 4.57. The third-order valence-electron chi connectivity index (χ3n) is 2.27. The topological polar surface area (TPSA) is 0 Å². The molecular weight excluding hydrogens is 191 g/mol. The minimum absolute atomic E-state index is 0.137. The van der Waals surface area contributed by atoms with Crippen LogP contribution in [0.3, 0.4) is 0 Å². The van der Waals surface area contributed by atoms with E-state index in [0.717, 1.165) is 12.3 Å². The largest absolute Gasteiger partial charge is 0.126 e. The molecule has 0 nitrogen and oxygen atoms in total. The zero-order valence-corrected chi connectivity index (χ0v) is 9.88. The van der Waals surface area contributed by atoms with Gasteiger partial charge in [0.15, 0.2) is 0 Å². The molecule has 0 bridgehead atoms. The third-order valence-corrected chi connectivity index (χ3v) is 3.56. The van der Waals surface area contributed by atoms with Gasteiger partial charge in [0, 0.05) is 11.8 Å². The molecule has 0 aromatic rings. The molecule has 2 heteroatoms. The van der Waals surface area contributed by atoms with Gasteiger partial charge >= 0.3 is 0 Å². The van der Waals surface area contributed by atoms with Crippen molar-refractivity contribution in [2.75, 3.05) is 11.8 Å². The molecule has 0 fully saturated rings. The minimum Gasteiger partial charge on any atom is -0.126 e. The van der Waals surface area contributed by atoms with Gasteiger partial charge in [-0.1, -0.05) is 33.6 Å². The lowest BCUT2D eigenvalue weighted by atomic mass is 9.83. The number of halogens is 2. The summed E-state index contributed by atoms with van der Waals surface area (Å²) in [6, 6.07) is 0. The van der Waals surface area contributed by atoms with Crippen LogP contribution in [0.25, 0.3) is 0 Å². The van der Waals surface area contributed by atoms with Crippen LogP contribution in [0.2, 0.25) is 0 Å². The second-order valence-corrected chi connectivity index (χ2v) is 4.71. The second kappa shape index (κ2) is 6.10. The zero-order chi connectivity index (χ0) is 9.61. The molecule has 0 amide bonds. The van der Waals surface area contributed by atoms with Gasteiger partial charge in [-0.15, -0.1) is 23.2 Å². The van der Waals surface area contributed by atoms with Crippen molar-refractivity contribution in [3.63, 3.8) is 0 Å². The molecule has 0 aliphatic heterocycles. The van der Waals surface area contributed by atoms with Gasteiger partial charge in [0.25, 0.3) is 0 Å². The van der Waals surface area contributed by atoms with Crippen molar-refractivity contribution in [2.24, 2.45) is 11.3 Å². The van der Waals surface area contributed by atoms with Crippen molar-refractivity contribution < 1.29 is 0 Å². The molecule has 0 spiro atoms. The van der Waals surface area contributed by atoms with E-state index in [-0.39, 0.29) is 5.41 Å². The number of hydrogen-bond acceptors (Lipinski definition) is 0. The van der Waals surface area contributed by atoms with E-state index in [1.807, 2.05) is 0 Å². The van der Waals surface area contributed by atoms with Gasteiger partial charge in [0.05, 0.1) is 0 Å². The summed E-state index contributed by atoms with van der Waals surface area (Å²) in [4.78, 5) is 0. The lowest BCUT2D eigenvalue weighted by Crippen LogP contribution is -2.23. The highest BCUT2D eigenvalue weighted by Gasteiger charge is 2.24. The summed E-state index contributed by atoms with van der Waals surface area (Å²) in [7, 11) is 0. The van der Waals surface area contributed by atoms with Crippen LogP contribution >= 0.6 is 23.2 Å². The molecule has 0 N–H and O–H groups in total. The Hall–Kier alpha value is 0.580. The Morgan fingerprint density at radius 2 is 1.75 bits per heavy atom. The molecule has 1 unspecified atom stereocenters. The van der Waals surface area contributed by atoms with Gasteiger partial charge in [-0.2, -0.15) is 0 Å².